The molecule has 2 N–H and O–H groups in total. The third-order valence-corrected chi connectivity index (χ3v) is 3.73. The van der Waals surface area contributed by atoms with Crippen molar-refractivity contribution in [2.24, 2.45) is 7.05 Å². The molecule has 0 aromatic carbocycles. The van der Waals surface area contributed by atoms with Crippen LogP contribution in [0, 0.1) is 18.6 Å². The van der Waals surface area contributed by atoms with Crippen LogP contribution in [0.1, 0.15) is 21.7 Å². The second kappa shape index (κ2) is 7.60. The van der Waals surface area contributed by atoms with Gasteiger partial charge in [-0.1, -0.05) is 0 Å². The Hall–Kier alpha value is -2.87. The molecule has 0 aliphatic carbocycles. The van der Waals surface area contributed by atoms with Gasteiger partial charge in [0.2, 0.25) is 0 Å². The minimum absolute atomic E-state index is 0.266. The Labute approximate surface area is 144 Å². The fraction of sp³-hybridized carbons (Fsp3) is 0.188. The van der Waals surface area contributed by atoms with Gasteiger partial charge in [-0.25, -0.2) is 4.79 Å². The van der Waals surface area contributed by atoms with Crippen LogP contribution in [0.3, 0.4) is 0 Å². The third-order valence-electron chi connectivity index (χ3n) is 3.36. The summed E-state index contributed by atoms with van der Waals surface area (Å²) < 4.78 is 2.45. The van der Waals surface area contributed by atoms with Gasteiger partial charge in [-0.3, -0.25) is 15.1 Å². The number of aromatic nitrogens is 5. The summed E-state index contributed by atoms with van der Waals surface area (Å²) in [6, 6.07) is 7.01. The van der Waals surface area contributed by atoms with Gasteiger partial charge in [-0.15, -0.1) is 0 Å². The highest BCUT2D eigenvalue weighted by Gasteiger charge is 2.08. The average Bonchev–Trinajstić information content (AvgIpc) is 2.88. The van der Waals surface area contributed by atoms with Crippen molar-refractivity contribution in [2.45, 2.75) is 13.8 Å². The number of hydrogen-bond acceptors (Lipinski definition) is 5. The Bertz CT molecular complexity index is 917. The number of nitrogens with zero attached hydrogens (tertiary/aromatic N) is 4. The van der Waals surface area contributed by atoms with Gasteiger partial charge < -0.3 is 9.67 Å². The maximum Gasteiger partial charge on any atom is 0.337 e. The highest BCUT2D eigenvalue weighted by molar-refractivity contribution is 7.71. The molecule has 0 saturated heterocycles. The number of H-pyrrole nitrogens is 1. The van der Waals surface area contributed by atoms with Crippen LogP contribution >= 0.6 is 12.2 Å². The number of aromatic carboxylic acids is 1. The highest BCUT2D eigenvalue weighted by Crippen LogP contribution is 2.18. The molecule has 0 radical (unpaired) electrons. The second-order valence-electron chi connectivity index (χ2n) is 4.99. The maximum atomic E-state index is 10.4. The highest BCUT2D eigenvalue weighted by atomic mass is 32.1. The molecule has 0 saturated carbocycles. The monoisotopic (exact) mass is 343 g/mol. The number of hydrogen-bond donors (Lipinski definition) is 2. The van der Waals surface area contributed by atoms with Crippen molar-refractivity contribution in [3.05, 3.63) is 58.4 Å². The number of rotatable bonds is 2. The summed E-state index contributed by atoms with van der Waals surface area (Å²) in [4.78, 5) is 18.4. The van der Waals surface area contributed by atoms with Gasteiger partial charge in [0.1, 0.15) is 0 Å². The van der Waals surface area contributed by atoms with Crippen molar-refractivity contribution in [2.75, 3.05) is 0 Å². The van der Waals surface area contributed by atoms with Gasteiger partial charge >= 0.3 is 5.97 Å². The Balaban J connectivity index is 0.000000185. The van der Waals surface area contributed by atoms with Gasteiger partial charge in [0, 0.05) is 30.7 Å². The molecule has 3 heterocycles. The van der Waals surface area contributed by atoms with E-state index in [9.17, 15) is 4.79 Å². The number of aromatic amines is 1. The zero-order valence-corrected chi connectivity index (χ0v) is 14.3. The predicted molar refractivity (Wildman–Crippen MR) is 92.3 cm³/mol. The quantitative estimate of drug-likeness (QED) is 0.695. The molecule has 3 aromatic heterocycles. The molecule has 0 aliphatic rings. The number of carboxylic acids is 1. The minimum Gasteiger partial charge on any atom is -0.478 e. The molecule has 8 heteroatoms. The lowest BCUT2D eigenvalue weighted by Crippen LogP contribution is -2.00. The van der Waals surface area contributed by atoms with Gasteiger partial charge in [0.15, 0.2) is 10.6 Å². The molecule has 3 rings (SSSR count). The molecular weight excluding hydrogens is 326 g/mol. The largest absolute Gasteiger partial charge is 0.478 e. The second-order valence-corrected chi connectivity index (χ2v) is 5.38. The van der Waals surface area contributed by atoms with Crippen LogP contribution in [0.5, 0.6) is 0 Å². The van der Waals surface area contributed by atoms with E-state index in [1.165, 1.54) is 6.07 Å². The normalized spacial score (nSPS) is 9.96. The lowest BCUT2D eigenvalue weighted by Gasteiger charge is -2.02. The lowest BCUT2D eigenvalue weighted by molar-refractivity contribution is 0.0695. The van der Waals surface area contributed by atoms with Crippen LogP contribution in [-0.4, -0.2) is 35.8 Å². The number of carbonyl (C=O) groups is 1. The van der Waals surface area contributed by atoms with E-state index < -0.39 is 5.97 Å². The molecule has 0 spiro atoms. The molecular formula is C16H17N5O2S. The van der Waals surface area contributed by atoms with Crippen molar-refractivity contribution in [3.8, 4) is 11.4 Å². The Morgan fingerprint density at radius 2 is 1.79 bits per heavy atom. The van der Waals surface area contributed by atoms with Crippen LogP contribution in [0.4, 0.5) is 0 Å². The molecule has 0 amide bonds. The van der Waals surface area contributed by atoms with E-state index in [1.807, 2.05) is 30.7 Å². The Kier molecular flexibility index (Phi) is 5.54. The maximum absolute atomic E-state index is 10.4. The fourth-order valence-corrected chi connectivity index (χ4v) is 2.15. The van der Waals surface area contributed by atoms with Gasteiger partial charge in [0.25, 0.3) is 0 Å². The molecule has 0 fully saturated rings. The van der Waals surface area contributed by atoms with Crippen LogP contribution in [0.2, 0.25) is 0 Å². The van der Waals surface area contributed by atoms with E-state index in [0.717, 1.165) is 17.1 Å². The summed E-state index contributed by atoms with van der Waals surface area (Å²) in [5.74, 6) is -0.105. The van der Waals surface area contributed by atoms with Crippen LogP contribution in [0.15, 0.2) is 36.7 Å². The van der Waals surface area contributed by atoms with Crippen LogP contribution < -0.4 is 0 Å². The molecule has 3 aromatic rings. The van der Waals surface area contributed by atoms with E-state index in [0.29, 0.717) is 10.5 Å². The van der Waals surface area contributed by atoms with Crippen LogP contribution in [-0.2, 0) is 7.05 Å². The number of pyridine rings is 2. The van der Waals surface area contributed by atoms with Crippen molar-refractivity contribution in [1.29, 1.82) is 0 Å². The van der Waals surface area contributed by atoms with Gasteiger partial charge in [0.05, 0.1) is 11.3 Å². The topological polar surface area (TPSA) is 96.7 Å². The van der Waals surface area contributed by atoms with E-state index >= 15 is 0 Å². The molecule has 0 bridgehead atoms. The summed E-state index contributed by atoms with van der Waals surface area (Å²) in [7, 11) is 1.88. The standard InChI is InChI=1S/C9H10N4S.C7H7NO2/c1-6-7(4-3-5-10-6)8-11-12-9(14)13(8)2;1-5-6(7(9)10)3-2-4-8-5/h3-5H,1-2H3,(H,12,14);2-4H,1H3,(H,9,10). The molecule has 124 valence electrons. The summed E-state index contributed by atoms with van der Waals surface area (Å²) in [6.07, 6.45) is 3.34. The number of carboxylic acid groups (broad SMARTS) is 1. The van der Waals surface area contributed by atoms with Crippen LogP contribution in [0.25, 0.3) is 11.4 Å². The van der Waals surface area contributed by atoms with E-state index in [1.54, 1.807) is 25.4 Å². The molecule has 0 unspecified atom stereocenters. The number of aryl methyl sites for hydroxylation is 2. The summed E-state index contributed by atoms with van der Waals surface area (Å²) in [5, 5.41) is 15.4. The van der Waals surface area contributed by atoms with Crippen molar-refractivity contribution in [1.82, 2.24) is 24.7 Å². The average molecular weight is 343 g/mol. The lowest BCUT2D eigenvalue weighted by atomic mass is 10.2. The molecule has 24 heavy (non-hydrogen) atoms. The number of nitrogens with one attached hydrogen (secondary N) is 1. The van der Waals surface area contributed by atoms with E-state index in [-0.39, 0.29) is 5.56 Å². The van der Waals surface area contributed by atoms with E-state index in [2.05, 4.69) is 20.2 Å². The van der Waals surface area contributed by atoms with Crippen molar-refractivity contribution in [3.63, 3.8) is 0 Å². The molecule has 0 atom stereocenters. The van der Waals surface area contributed by atoms with Gasteiger partial charge in [-0.05, 0) is 50.3 Å². The first-order valence-corrected chi connectivity index (χ1v) is 7.51. The first-order chi connectivity index (χ1) is 11.4. The summed E-state index contributed by atoms with van der Waals surface area (Å²) >= 11 is 5.04. The first kappa shape index (κ1) is 17.5. The first-order valence-electron chi connectivity index (χ1n) is 7.10. The zero-order valence-electron chi connectivity index (χ0n) is 13.5. The Morgan fingerprint density at radius 1 is 1.17 bits per heavy atom. The predicted octanol–water partition coefficient (Wildman–Crippen LogP) is 2.94. The SMILES string of the molecule is Cc1ncccc1-c1n[nH]c(=S)n1C.Cc1ncccc1C(=O)O. The summed E-state index contributed by atoms with van der Waals surface area (Å²) in [6.45, 7) is 3.62. The molecule has 0 aliphatic heterocycles. The fourth-order valence-electron chi connectivity index (χ4n) is 2.02. The molecule has 7 nitrogen and oxygen atoms in total. The smallest absolute Gasteiger partial charge is 0.337 e. The van der Waals surface area contributed by atoms with E-state index in [4.69, 9.17) is 17.3 Å². The minimum atomic E-state index is -0.925. The Morgan fingerprint density at radius 3 is 2.25 bits per heavy atom. The summed E-state index contributed by atoms with van der Waals surface area (Å²) in [5.41, 5.74) is 2.77. The van der Waals surface area contributed by atoms with Gasteiger partial charge in [-0.2, -0.15) is 5.10 Å². The third kappa shape index (κ3) is 3.90. The van der Waals surface area contributed by atoms with Crippen molar-refractivity contribution >= 4 is 18.2 Å². The zero-order chi connectivity index (χ0) is 17.7. The van der Waals surface area contributed by atoms with Crippen molar-refractivity contribution < 1.29 is 9.90 Å².